The third kappa shape index (κ3) is 4.66. The molecule has 0 aliphatic heterocycles. The first-order valence-corrected chi connectivity index (χ1v) is 6.39. The standard InChI is InChI=1S/C13H18BrNO3/c1-13(2,3)18-12(16)15-11-7-5-6-10(14)9(11)8-17-4/h5-7H,8H2,1-4H3,(H,15,16). The molecule has 0 spiro atoms. The number of methoxy groups -OCH3 is 1. The maximum Gasteiger partial charge on any atom is 0.412 e. The van der Waals surface area contributed by atoms with Crippen molar-refractivity contribution in [2.45, 2.75) is 33.0 Å². The van der Waals surface area contributed by atoms with Gasteiger partial charge in [-0.15, -0.1) is 0 Å². The van der Waals surface area contributed by atoms with Crippen LogP contribution in [0.3, 0.4) is 0 Å². The molecule has 1 aromatic rings. The third-order valence-electron chi connectivity index (χ3n) is 2.04. The van der Waals surface area contributed by atoms with Gasteiger partial charge in [0.05, 0.1) is 12.3 Å². The van der Waals surface area contributed by atoms with Crippen molar-refractivity contribution in [1.29, 1.82) is 0 Å². The lowest BCUT2D eigenvalue weighted by atomic mass is 10.2. The van der Waals surface area contributed by atoms with E-state index in [0.717, 1.165) is 10.0 Å². The van der Waals surface area contributed by atoms with Crippen LogP contribution in [-0.2, 0) is 16.1 Å². The van der Waals surface area contributed by atoms with E-state index in [-0.39, 0.29) is 0 Å². The molecule has 100 valence electrons. The van der Waals surface area contributed by atoms with E-state index in [4.69, 9.17) is 9.47 Å². The molecule has 0 radical (unpaired) electrons. The summed E-state index contributed by atoms with van der Waals surface area (Å²) in [6.45, 7) is 5.88. The average molecular weight is 316 g/mol. The predicted octanol–water partition coefficient (Wildman–Crippen LogP) is 3.94. The Bertz CT molecular complexity index is 427. The van der Waals surface area contributed by atoms with E-state index >= 15 is 0 Å². The molecule has 1 aromatic carbocycles. The Morgan fingerprint density at radius 1 is 1.39 bits per heavy atom. The summed E-state index contributed by atoms with van der Waals surface area (Å²) in [5, 5.41) is 2.72. The normalized spacial score (nSPS) is 11.2. The molecule has 0 saturated heterocycles. The van der Waals surface area contributed by atoms with Crippen LogP contribution in [0, 0.1) is 0 Å². The molecule has 0 aliphatic carbocycles. The molecular weight excluding hydrogens is 298 g/mol. The van der Waals surface area contributed by atoms with E-state index in [9.17, 15) is 4.79 Å². The van der Waals surface area contributed by atoms with Crippen molar-refractivity contribution in [3.05, 3.63) is 28.2 Å². The second-order valence-corrected chi connectivity index (χ2v) is 5.68. The summed E-state index contributed by atoms with van der Waals surface area (Å²) >= 11 is 3.43. The van der Waals surface area contributed by atoms with Crippen LogP contribution < -0.4 is 5.32 Å². The van der Waals surface area contributed by atoms with Crippen LogP contribution >= 0.6 is 15.9 Å². The summed E-state index contributed by atoms with van der Waals surface area (Å²) in [5.41, 5.74) is 1.05. The summed E-state index contributed by atoms with van der Waals surface area (Å²) in [5.74, 6) is 0. The molecule has 1 N–H and O–H groups in total. The van der Waals surface area contributed by atoms with Gasteiger partial charge >= 0.3 is 6.09 Å². The molecule has 0 fully saturated rings. The van der Waals surface area contributed by atoms with Gasteiger partial charge in [-0.1, -0.05) is 22.0 Å². The van der Waals surface area contributed by atoms with Crippen LogP contribution in [0.4, 0.5) is 10.5 Å². The number of carbonyl (C=O) groups excluding carboxylic acids is 1. The first kappa shape index (κ1) is 15.0. The molecular formula is C13H18BrNO3. The lowest BCUT2D eigenvalue weighted by Crippen LogP contribution is -2.27. The number of rotatable bonds is 3. The van der Waals surface area contributed by atoms with Crippen LogP contribution in [0.1, 0.15) is 26.3 Å². The van der Waals surface area contributed by atoms with Gasteiger partial charge in [0.2, 0.25) is 0 Å². The summed E-state index contributed by atoms with van der Waals surface area (Å²) in [4.78, 5) is 11.7. The van der Waals surface area contributed by atoms with Crippen molar-refractivity contribution < 1.29 is 14.3 Å². The van der Waals surface area contributed by atoms with E-state index in [1.165, 1.54) is 0 Å². The lowest BCUT2D eigenvalue weighted by molar-refractivity contribution is 0.0635. The first-order chi connectivity index (χ1) is 8.33. The van der Waals surface area contributed by atoms with Crippen molar-refractivity contribution in [3.63, 3.8) is 0 Å². The number of nitrogens with one attached hydrogen (secondary N) is 1. The van der Waals surface area contributed by atoms with Gasteiger partial charge in [0.25, 0.3) is 0 Å². The largest absolute Gasteiger partial charge is 0.444 e. The lowest BCUT2D eigenvalue weighted by Gasteiger charge is -2.20. The maximum absolute atomic E-state index is 11.7. The monoisotopic (exact) mass is 315 g/mol. The molecule has 0 atom stereocenters. The molecule has 4 nitrogen and oxygen atoms in total. The zero-order valence-electron chi connectivity index (χ0n) is 11.0. The number of anilines is 1. The van der Waals surface area contributed by atoms with Crippen LogP contribution in [0.15, 0.2) is 22.7 Å². The Kier molecular flexibility index (Phi) is 5.16. The summed E-state index contributed by atoms with van der Waals surface area (Å²) < 4.78 is 11.2. The van der Waals surface area contributed by atoms with Gasteiger partial charge in [-0.2, -0.15) is 0 Å². The molecule has 0 unspecified atom stereocenters. The molecule has 1 rings (SSSR count). The van der Waals surface area contributed by atoms with Gasteiger partial charge in [-0.25, -0.2) is 4.79 Å². The summed E-state index contributed by atoms with van der Waals surface area (Å²) in [7, 11) is 1.61. The van der Waals surface area contributed by atoms with E-state index in [1.807, 2.05) is 39.0 Å². The average Bonchev–Trinajstić information content (AvgIpc) is 2.20. The quantitative estimate of drug-likeness (QED) is 0.919. The Morgan fingerprint density at radius 2 is 2.06 bits per heavy atom. The summed E-state index contributed by atoms with van der Waals surface area (Å²) in [6.07, 6.45) is -0.474. The van der Waals surface area contributed by atoms with Crippen LogP contribution in [0.2, 0.25) is 0 Å². The number of hydrogen-bond acceptors (Lipinski definition) is 3. The molecule has 0 bridgehead atoms. The van der Waals surface area contributed by atoms with Gasteiger partial charge in [-0.3, -0.25) is 5.32 Å². The van der Waals surface area contributed by atoms with Crippen LogP contribution in [0.5, 0.6) is 0 Å². The smallest absolute Gasteiger partial charge is 0.412 e. The molecule has 0 aromatic heterocycles. The Labute approximate surface area is 116 Å². The van der Waals surface area contributed by atoms with Gasteiger partial charge in [0.15, 0.2) is 0 Å². The Hall–Kier alpha value is -1.07. The van der Waals surface area contributed by atoms with Crippen molar-refractivity contribution in [2.75, 3.05) is 12.4 Å². The molecule has 5 heteroatoms. The highest BCUT2D eigenvalue weighted by Gasteiger charge is 2.17. The zero-order valence-corrected chi connectivity index (χ0v) is 12.6. The topological polar surface area (TPSA) is 47.6 Å². The van der Waals surface area contributed by atoms with Gasteiger partial charge in [-0.05, 0) is 32.9 Å². The van der Waals surface area contributed by atoms with Crippen molar-refractivity contribution in [3.8, 4) is 0 Å². The van der Waals surface area contributed by atoms with Gasteiger partial charge in [0, 0.05) is 17.1 Å². The van der Waals surface area contributed by atoms with Gasteiger partial charge < -0.3 is 9.47 Å². The van der Waals surface area contributed by atoms with Gasteiger partial charge in [0.1, 0.15) is 5.60 Å². The molecule has 0 heterocycles. The Balaban J connectivity index is 2.84. The molecule has 18 heavy (non-hydrogen) atoms. The number of halogens is 1. The second kappa shape index (κ2) is 6.20. The predicted molar refractivity (Wildman–Crippen MR) is 74.7 cm³/mol. The SMILES string of the molecule is COCc1c(Br)cccc1NC(=O)OC(C)(C)C. The molecule has 1 amide bonds. The van der Waals surface area contributed by atoms with E-state index in [2.05, 4.69) is 21.2 Å². The minimum Gasteiger partial charge on any atom is -0.444 e. The maximum atomic E-state index is 11.7. The van der Waals surface area contributed by atoms with Crippen molar-refractivity contribution in [2.24, 2.45) is 0 Å². The fourth-order valence-electron chi connectivity index (χ4n) is 1.38. The van der Waals surface area contributed by atoms with E-state index in [0.29, 0.717) is 12.3 Å². The second-order valence-electron chi connectivity index (χ2n) is 4.83. The number of amides is 1. The zero-order chi connectivity index (χ0) is 13.8. The highest BCUT2D eigenvalue weighted by molar-refractivity contribution is 9.10. The fraction of sp³-hybridized carbons (Fsp3) is 0.462. The third-order valence-corrected chi connectivity index (χ3v) is 2.79. The fourth-order valence-corrected chi connectivity index (χ4v) is 1.86. The molecule has 0 saturated carbocycles. The van der Waals surface area contributed by atoms with Crippen molar-refractivity contribution >= 4 is 27.7 Å². The minimum atomic E-state index is -0.516. The van der Waals surface area contributed by atoms with Crippen molar-refractivity contribution in [1.82, 2.24) is 0 Å². The molecule has 0 aliphatic rings. The van der Waals surface area contributed by atoms with E-state index < -0.39 is 11.7 Å². The van der Waals surface area contributed by atoms with Crippen LogP contribution in [-0.4, -0.2) is 18.8 Å². The number of ether oxygens (including phenoxy) is 2. The highest BCUT2D eigenvalue weighted by atomic mass is 79.9. The highest BCUT2D eigenvalue weighted by Crippen LogP contribution is 2.26. The first-order valence-electron chi connectivity index (χ1n) is 5.60. The van der Waals surface area contributed by atoms with Crippen LogP contribution in [0.25, 0.3) is 0 Å². The number of benzene rings is 1. The number of hydrogen-bond donors (Lipinski definition) is 1. The number of carbonyl (C=O) groups is 1. The summed E-state index contributed by atoms with van der Waals surface area (Å²) in [6, 6.07) is 5.55. The minimum absolute atomic E-state index is 0.409. The Morgan fingerprint density at radius 3 is 2.61 bits per heavy atom. The van der Waals surface area contributed by atoms with E-state index in [1.54, 1.807) is 7.11 Å².